The summed E-state index contributed by atoms with van der Waals surface area (Å²) < 4.78 is 0.705. The maximum atomic E-state index is 8.75. The normalized spacial score (nSPS) is 9.71. The van der Waals surface area contributed by atoms with Crippen LogP contribution < -0.4 is 10.2 Å². The summed E-state index contributed by atoms with van der Waals surface area (Å²) in [4.78, 5) is 9.41. The molecule has 0 radical (unpaired) electrons. The van der Waals surface area contributed by atoms with Gasteiger partial charge in [0.1, 0.15) is 18.0 Å². The first-order valence-corrected chi connectivity index (χ1v) is 5.86. The number of hydrogen-bond donors (Lipinski definition) is 1. The zero-order valence-electron chi connectivity index (χ0n) is 8.88. The molecular formula is C10H8ClN5S. The van der Waals surface area contributed by atoms with Gasteiger partial charge in [0.25, 0.3) is 0 Å². The molecule has 0 aliphatic heterocycles. The molecule has 7 heteroatoms. The SMILES string of the molecule is CN(C#N)c1cc(Nc2ccc(Cl)s2)ncn1. The van der Waals surface area contributed by atoms with Crippen molar-refractivity contribution < 1.29 is 0 Å². The molecule has 0 saturated carbocycles. The first-order valence-electron chi connectivity index (χ1n) is 4.67. The van der Waals surface area contributed by atoms with Gasteiger partial charge in [-0.3, -0.25) is 4.90 Å². The maximum absolute atomic E-state index is 8.75. The highest BCUT2D eigenvalue weighted by atomic mass is 35.5. The van der Waals surface area contributed by atoms with Crippen LogP contribution in [0.15, 0.2) is 24.5 Å². The van der Waals surface area contributed by atoms with Crippen molar-refractivity contribution >= 4 is 39.6 Å². The quantitative estimate of drug-likeness (QED) is 0.683. The second-order valence-corrected chi connectivity index (χ2v) is 4.86. The van der Waals surface area contributed by atoms with Crippen LogP contribution in [0.1, 0.15) is 0 Å². The van der Waals surface area contributed by atoms with Crippen molar-refractivity contribution in [1.82, 2.24) is 9.97 Å². The molecule has 0 atom stereocenters. The molecule has 0 aliphatic rings. The van der Waals surface area contributed by atoms with Crippen molar-refractivity contribution in [3.8, 4) is 6.19 Å². The van der Waals surface area contributed by atoms with E-state index in [1.54, 1.807) is 19.2 Å². The topological polar surface area (TPSA) is 64.8 Å². The molecular weight excluding hydrogens is 258 g/mol. The van der Waals surface area contributed by atoms with Crippen LogP contribution in [-0.2, 0) is 0 Å². The van der Waals surface area contributed by atoms with E-state index in [1.165, 1.54) is 22.6 Å². The highest BCUT2D eigenvalue weighted by Gasteiger charge is 2.04. The standard InChI is InChI=1S/C10H8ClN5S/c1-16(5-12)9-4-8(13-6-14-9)15-10-3-2-7(11)17-10/h2-4,6H,1H3,(H,13,14,15). The van der Waals surface area contributed by atoms with Crippen molar-refractivity contribution in [2.24, 2.45) is 0 Å². The van der Waals surface area contributed by atoms with E-state index in [4.69, 9.17) is 16.9 Å². The van der Waals surface area contributed by atoms with E-state index in [2.05, 4.69) is 15.3 Å². The van der Waals surface area contributed by atoms with Gasteiger partial charge >= 0.3 is 0 Å². The summed E-state index contributed by atoms with van der Waals surface area (Å²) in [5.41, 5.74) is 0. The van der Waals surface area contributed by atoms with Gasteiger partial charge in [-0.2, -0.15) is 5.26 Å². The predicted molar refractivity (Wildman–Crippen MR) is 68.7 cm³/mol. The third-order valence-corrected chi connectivity index (χ3v) is 3.12. The van der Waals surface area contributed by atoms with Gasteiger partial charge in [0.05, 0.1) is 9.34 Å². The molecule has 2 rings (SSSR count). The van der Waals surface area contributed by atoms with Gasteiger partial charge in [-0.15, -0.1) is 11.3 Å². The number of anilines is 3. The molecule has 2 aromatic heterocycles. The lowest BCUT2D eigenvalue weighted by Gasteiger charge is -2.08. The van der Waals surface area contributed by atoms with Crippen molar-refractivity contribution in [3.63, 3.8) is 0 Å². The summed E-state index contributed by atoms with van der Waals surface area (Å²) in [6.07, 6.45) is 3.38. The Bertz CT molecular complexity index is 562. The van der Waals surface area contributed by atoms with E-state index in [1.807, 2.05) is 12.3 Å². The van der Waals surface area contributed by atoms with Gasteiger partial charge in [0.15, 0.2) is 6.19 Å². The Labute approximate surface area is 107 Å². The van der Waals surface area contributed by atoms with Crippen molar-refractivity contribution in [2.45, 2.75) is 0 Å². The number of nitriles is 1. The summed E-state index contributed by atoms with van der Waals surface area (Å²) in [5.74, 6) is 1.16. The first kappa shape index (κ1) is 11.6. The van der Waals surface area contributed by atoms with Crippen molar-refractivity contribution in [2.75, 3.05) is 17.3 Å². The summed E-state index contributed by atoms with van der Waals surface area (Å²) in [5, 5.41) is 12.7. The number of halogens is 1. The van der Waals surface area contributed by atoms with Gasteiger partial charge < -0.3 is 5.32 Å². The lowest BCUT2D eigenvalue weighted by atomic mass is 10.5. The van der Waals surface area contributed by atoms with Crippen LogP contribution >= 0.6 is 22.9 Å². The number of thiophene rings is 1. The van der Waals surface area contributed by atoms with Crippen LogP contribution in [0.2, 0.25) is 4.34 Å². The average Bonchev–Trinajstić information content (AvgIpc) is 2.74. The van der Waals surface area contributed by atoms with Gasteiger partial charge in [0, 0.05) is 13.1 Å². The number of aromatic nitrogens is 2. The Morgan fingerprint density at radius 1 is 1.47 bits per heavy atom. The number of hydrogen-bond acceptors (Lipinski definition) is 6. The lowest BCUT2D eigenvalue weighted by molar-refractivity contribution is 1.08. The monoisotopic (exact) mass is 265 g/mol. The highest BCUT2D eigenvalue weighted by molar-refractivity contribution is 7.19. The minimum absolute atomic E-state index is 0.535. The van der Waals surface area contributed by atoms with Gasteiger partial charge in [-0.25, -0.2) is 9.97 Å². The third kappa shape index (κ3) is 2.84. The molecule has 0 fully saturated rings. The minimum Gasteiger partial charge on any atom is -0.332 e. The van der Waals surface area contributed by atoms with E-state index in [9.17, 15) is 0 Å². The van der Waals surface area contributed by atoms with Gasteiger partial charge in [-0.05, 0) is 12.1 Å². The molecule has 2 aromatic rings. The highest BCUT2D eigenvalue weighted by Crippen LogP contribution is 2.28. The zero-order chi connectivity index (χ0) is 12.3. The molecule has 0 bridgehead atoms. The number of rotatable bonds is 3. The maximum Gasteiger partial charge on any atom is 0.185 e. The second-order valence-electron chi connectivity index (χ2n) is 3.15. The van der Waals surface area contributed by atoms with Crippen LogP contribution in [0.4, 0.5) is 16.6 Å². The molecule has 5 nitrogen and oxygen atoms in total. The fourth-order valence-corrected chi connectivity index (χ4v) is 2.11. The molecule has 1 N–H and O–H groups in total. The summed E-state index contributed by atoms with van der Waals surface area (Å²) in [6.45, 7) is 0. The van der Waals surface area contributed by atoms with E-state index in [0.717, 1.165) is 5.00 Å². The second kappa shape index (κ2) is 4.99. The van der Waals surface area contributed by atoms with Crippen LogP contribution in [-0.4, -0.2) is 17.0 Å². The molecule has 0 unspecified atom stereocenters. The Morgan fingerprint density at radius 2 is 2.29 bits per heavy atom. The van der Waals surface area contributed by atoms with Crippen LogP contribution in [0, 0.1) is 11.5 Å². The van der Waals surface area contributed by atoms with E-state index in [0.29, 0.717) is 16.0 Å². The molecule has 2 heterocycles. The Morgan fingerprint density at radius 3 is 2.94 bits per heavy atom. The Kier molecular flexibility index (Phi) is 3.42. The summed E-state index contributed by atoms with van der Waals surface area (Å²) in [7, 11) is 1.63. The predicted octanol–water partition coefficient (Wildman–Crippen LogP) is 2.85. The number of nitrogens with one attached hydrogen (secondary N) is 1. The first-order chi connectivity index (χ1) is 8.19. The Balaban J connectivity index is 2.20. The molecule has 0 amide bonds. The summed E-state index contributed by atoms with van der Waals surface area (Å²) in [6, 6.07) is 5.36. The largest absolute Gasteiger partial charge is 0.332 e. The van der Waals surface area contributed by atoms with Gasteiger partial charge in [0.2, 0.25) is 0 Å². The van der Waals surface area contributed by atoms with Gasteiger partial charge in [-0.1, -0.05) is 11.6 Å². The molecule has 0 aromatic carbocycles. The van der Waals surface area contributed by atoms with Crippen LogP contribution in [0.3, 0.4) is 0 Å². The van der Waals surface area contributed by atoms with E-state index in [-0.39, 0.29) is 0 Å². The van der Waals surface area contributed by atoms with E-state index < -0.39 is 0 Å². The van der Waals surface area contributed by atoms with Crippen molar-refractivity contribution in [3.05, 3.63) is 28.9 Å². The average molecular weight is 266 g/mol. The molecule has 17 heavy (non-hydrogen) atoms. The Hall–Kier alpha value is -1.84. The van der Waals surface area contributed by atoms with Crippen LogP contribution in [0.5, 0.6) is 0 Å². The molecule has 0 saturated heterocycles. The minimum atomic E-state index is 0.535. The molecule has 86 valence electrons. The lowest BCUT2D eigenvalue weighted by Crippen LogP contribution is -2.10. The molecule has 0 spiro atoms. The fourth-order valence-electron chi connectivity index (χ4n) is 1.16. The van der Waals surface area contributed by atoms with Crippen LogP contribution in [0.25, 0.3) is 0 Å². The fraction of sp³-hybridized carbons (Fsp3) is 0.100. The summed E-state index contributed by atoms with van der Waals surface area (Å²) >= 11 is 7.24. The third-order valence-electron chi connectivity index (χ3n) is 1.97. The zero-order valence-corrected chi connectivity index (χ0v) is 10.5. The van der Waals surface area contributed by atoms with Crippen molar-refractivity contribution in [1.29, 1.82) is 5.26 Å². The molecule has 0 aliphatic carbocycles. The van der Waals surface area contributed by atoms with E-state index >= 15 is 0 Å². The smallest absolute Gasteiger partial charge is 0.185 e. The number of nitrogens with zero attached hydrogens (tertiary/aromatic N) is 4.